The van der Waals surface area contributed by atoms with E-state index in [1.54, 1.807) is 11.9 Å². The van der Waals surface area contributed by atoms with Gasteiger partial charge in [-0.1, -0.05) is 27.2 Å². The van der Waals surface area contributed by atoms with Crippen molar-refractivity contribution in [3.05, 3.63) is 0 Å². The summed E-state index contributed by atoms with van der Waals surface area (Å²) in [5.74, 6) is -0.541. The number of urea groups is 1. The van der Waals surface area contributed by atoms with E-state index in [9.17, 15) is 9.59 Å². The second-order valence-electron chi connectivity index (χ2n) is 4.49. The minimum absolute atomic E-state index is 0.199. The third-order valence-electron chi connectivity index (χ3n) is 2.70. The third kappa shape index (κ3) is 6.14. The molecule has 17 heavy (non-hydrogen) atoms. The van der Waals surface area contributed by atoms with Crippen molar-refractivity contribution in [2.45, 2.75) is 33.6 Å². The molecule has 0 aromatic carbocycles. The highest BCUT2D eigenvalue weighted by atomic mass is 16.4. The van der Waals surface area contributed by atoms with Crippen LogP contribution >= 0.6 is 0 Å². The van der Waals surface area contributed by atoms with Crippen molar-refractivity contribution < 1.29 is 14.7 Å². The quantitative estimate of drug-likeness (QED) is 0.744. The zero-order chi connectivity index (χ0) is 13.4. The first-order chi connectivity index (χ1) is 7.92. The molecule has 0 aliphatic heterocycles. The molecule has 0 bridgehead atoms. The average Bonchev–Trinajstić information content (AvgIpc) is 2.26. The number of nitrogens with zero attached hydrogens (tertiary/aromatic N) is 2. The van der Waals surface area contributed by atoms with E-state index in [1.165, 1.54) is 4.90 Å². The monoisotopic (exact) mass is 244 g/mol. The third-order valence-corrected chi connectivity index (χ3v) is 2.70. The Hall–Kier alpha value is -1.26. The van der Waals surface area contributed by atoms with Crippen molar-refractivity contribution in [1.29, 1.82) is 0 Å². The molecule has 100 valence electrons. The fraction of sp³-hybridized carbons (Fsp3) is 0.833. The zero-order valence-corrected chi connectivity index (χ0v) is 11.3. The Morgan fingerprint density at radius 1 is 1.29 bits per heavy atom. The molecule has 1 N–H and O–H groups in total. The molecule has 0 saturated carbocycles. The molecular formula is C12H24N2O3. The van der Waals surface area contributed by atoms with Gasteiger partial charge in [0.2, 0.25) is 0 Å². The Kier molecular flexibility index (Phi) is 7.34. The Labute approximate surface area is 103 Å². The fourth-order valence-corrected chi connectivity index (χ4v) is 1.59. The van der Waals surface area contributed by atoms with Crippen molar-refractivity contribution >= 4 is 12.0 Å². The normalized spacial score (nSPS) is 12.0. The van der Waals surface area contributed by atoms with E-state index in [2.05, 4.69) is 13.8 Å². The van der Waals surface area contributed by atoms with Crippen LogP contribution in [0.25, 0.3) is 0 Å². The summed E-state index contributed by atoms with van der Waals surface area (Å²) in [5, 5.41) is 8.76. The van der Waals surface area contributed by atoms with Crippen LogP contribution in [0.1, 0.15) is 33.6 Å². The van der Waals surface area contributed by atoms with Crippen LogP contribution in [0.2, 0.25) is 0 Å². The zero-order valence-electron chi connectivity index (χ0n) is 11.3. The molecule has 0 rings (SSSR count). The largest absolute Gasteiger partial charge is 0.480 e. The standard InChI is InChI=1S/C12H24N2O3/c1-5-7-14(9-11(15)16)12(17)13(4)8-10(3)6-2/h10H,5-9H2,1-4H3,(H,15,16). The van der Waals surface area contributed by atoms with E-state index in [0.29, 0.717) is 19.0 Å². The van der Waals surface area contributed by atoms with Crippen molar-refractivity contribution in [2.24, 2.45) is 5.92 Å². The smallest absolute Gasteiger partial charge is 0.323 e. The summed E-state index contributed by atoms with van der Waals surface area (Å²) in [7, 11) is 1.72. The van der Waals surface area contributed by atoms with Gasteiger partial charge in [-0.25, -0.2) is 4.79 Å². The van der Waals surface area contributed by atoms with Gasteiger partial charge in [0, 0.05) is 20.1 Å². The first kappa shape index (κ1) is 15.7. The SMILES string of the molecule is CCCN(CC(=O)O)C(=O)N(C)CC(C)CC. The lowest BCUT2D eigenvalue weighted by atomic mass is 10.1. The first-order valence-electron chi connectivity index (χ1n) is 6.14. The molecule has 1 atom stereocenters. The molecular weight excluding hydrogens is 220 g/mol. The molecule has 0 aromatic heterocycles. The molecule has 0 fully saturated rings. The van der Waals surface area contributed by atoms with Crippen molar-refractivity contribution in [3.8, 4) is 0 Å². The van der Waals surface area contributed by atoms with Crippen molar-refractivity contribution in [1.82, 2.24) is 9.80 Å². The first-order valence-corrected chi connectivity index (χ1v) is 6.14. The number of carboxylic acids is 1. The Morgan fingerprint density at radius 2 is 1.88 bits per heavy atom. The van der Waals surface area contributed by atoms with Crippen LogP contribution in [0.3, 0.4) is 0 Å². The second kappa shape index (κ2) is 7.92. The maximum Gasteiger partial charge on any atom is 0.323 e. The van der Waals surface area contributed by atoms with Gasteiger partial charge in [0.1, 0.15) is 6.54 Å². The van der Waals surface area contributed by atoms with Gasteiger partial charge in [-0.2, -0.15) is 0 Å². The number of amides is 2. The Morgan fingerprint density at radius 3 is 2.29 bits per heavy atom. The van der Waals surface area contributed by atoms with Crippen LogP contribution in [-0.4, -0.2) is 53.6 Å². The number of hydrogen-bond donors (Lipinski definition) is 1. The summed E-state index contributed by atoms with van der Waals surface area (Å²) < 4.78 is 0. The molecule has 0 aromatic rings. The number of carbonyl (C=O) groups is 2. The second-order valence-corrected chi connectivity index (χ2v) is 4.49. The fourth-order valence-electron chi connectivity index (χ4n) is 1.59. The maximum atomic E-state index is 12.0. The average molecular weight is 244 g/mol. The summed E-state index contributed by atoms with van der Waals surface area (Å²) in [4.78, 5) is 25.7. The predicted molar refractivity (Wildman–Crippen MR) is 67.0 cm³/mol. The molecule has 0 spiro atoms. The van der Waals surface area contributed by atoms with Gasteiger partial charge in [-0.15, -0.1) is 0 Å². The van der Waals surface area contributed by atoms with Crippen LogP contribution in [-0.2, 0) is 4.79 Å². The lowest BCUT2D eigenvalue weighted by Gasteiger charge is -2.28. The van der Waals surface area contributed by atoms with E-state index >= 15 is 0 Å². The van der Waals surface area contributed by atoms with Crippen LogP contribution in [0.4, 0.5) is 4.79 Å². The van der Waals surface area contributed by atoms with Gasteiger partial charge in [-0.05, 0) is 12.3 Å². The van der Waals surface area contributed by atoms with E-state index in [-0.39, 0.29) is 12.6 Å². The van der Waals surface area contributed by atoms with Gasteiger partial charge in [0.05, 0.1) is 0 Å². The van der Waals surface area contributed by atoms with Crippen LogP contribution < -0.4 is 0 Å². The highest BCUT2D eigenvalue weighted by Gasteiger charge is 2.20. The van der Waals surface area contributed by atoms with Gasteiger partial charge in [0.15, 0.2) is 0 Å². The summed E-state index contributed by atoms with van der Waals surface area (Å²) in [6.45, 7) is 6.99. The molecule has 5 heteroatoms. The van der Waals surface area contributed by atoms with Gasteiger partial charge in [0.25, 0.3) is 0 Å². The lowest BCUT2D eigenvalue weighted by Crippen LogP contribution is -2.45. The minimum atomic E-state index is -0.969. The van der Waals surface area contributed by atoms with E-state index in [0.717, 1.165) is 12.8 Å². The van der Waals surface area contributed by atoms with Crippen LogP contribution in [0.5, 0.6) is 0 Å². The van der Waals surface area contributed by atoms with Gasteiger partial charge in [-0.3, -0.25) is 4.79 Å². The molecule has 0 heterocycles. The van der Waals surface area contributed by atoms with Crippen LogP contribution in [0, 0.1) is 5.92 Å². The molecule has 0 aliphatic rings. The molecule has 2 amide bonds. The molecule has 0 aliphatic carbocycles. The van der Waals surface area contributed by atoms with E-state index < -0.39 is 5.97 Å². The topological polar surface area (TPSA) is 60.9 Å². The highest BCUT2D eigenvalue weighted by molar-refractivity contribution is 5.80. The molecule has 0 radical (unpaired) electrons. The number of carbonyl (C=O) groups excluding carboxylic acids is 1. The van der Waals surface area contributed by atoms with Crippen molar-refractivity contribution in [2.75, 3.05) is 26.7 Å². The summed E-state index contributed by atoms with van der Waals surface area (Å²) in [6.07, 6.45) is 1.76. The summed E-state index contributed by atoms with van der Waals surface area (Å²) in [6, 6.07) is -0.199. The number of hydrogen-bond acceptors (Lipinski definition) is 2. The molecule has 0 saturated heterocycles. The van der Waals surface area contributed by atoms with E-state index in [1.807, 2.05) is 6.92 Å². The van der Waals surface area contributed by atoms with Crippen molar-refractivity contribution in [3.63, 3.8) is 0 Å². The van der Waals surface area contributed by atoms with Crippen LogP contribution in [0.15, 0.2) is 0 Å². The number of aliphatic carboxylic acids is 1. The number of carboxylic acid groups (broad SMARTS) is 1. The molecule has 1 unspecified atom stereocenters. The van der Waals surface area contributed by atoms with Gasteiger partial charge >= 0.3 is 12.0 Å². The highest BCUT2D eigenvalue weighted by Crippen LogP contribution is 2.06. The number of rotatable bonds is 7. The van der Waals surface area contributed by atoms with E-state index in [4.69, 9.17) is 5.11 Å². The summed E-state index contributed by atoms with van der Waals surface area (Å²) in [5.41, 5.74) is 0. The Bertz CT molecular complexity index is 256. The summed E-state index contributed by atoms with van der Waals surface area (Å²) >= 11 is 0. The lowest BCUT2D eigenvalue weighted by molar-refractivity contribution is -0.137. The van der Waals surface area contributed by atoms with Gasteiger partial charge < -0.3 is 14.9 Å². The molecule has 5 nitrogen and oxygen atoms in total. The Balaban J connectivity index is 4.42. The predicted octanol–water partition coefficient (Wildman–Crippen LogP) is 1.88. The maximum absolute atomic E-state index is 12.0. The minimum Gasteiger partial charge on any atom is -0.480 e.